The van der Waals surface area contributed by atoms with Crippen LogP contribution in [0.1, 0.15) is 6.42 Å². The third-order valence-corrected chi connectivity index (χ3v) is 3.10. The van der Waals surface area contributed by atoms with Gasteiger partial charge in [0.1, 0.15) is 0 Å². The van der Waals surface area contributed by atoms with Crippen LogP contribution in [0.3, 0.4) is 0 Å². The fourth-order valence-electron chi connectivity index (χ4n) is 2.25. The number of hydrogen-bond acceptors (Lipinski definition) is 4. The molecule has 0 saturated carbocycles. The van der Waals surface area contributed by atoms with Crippen LogP contribution in [-0.2, 0) is 0 Å². The van der Waals surface area contributed by atoms with Crippen LogP contribution in [0, 0.1) is 0 Å². The molecule has 0 spiro atoms. The molecule has 1 aliphatic rings. The second-order valence-corrected chi connectivity index (χ2v) is 4.52. The smallest absolute Gasteiger partial charge is 0.450 e. The van der Waals surface area contributed by atoms with E-state index < -0.39 is 6.16 Å². The summed E-state index contributed by atoms with van der Waals surface area (Å²) in [5.74, 6) is 0. The van der Waals surface area contributed by atoms with Crippen molar-refractivity contribution < 1.29 is 15.0 Å². The summed E-state index contributed by atoms with van der Waals surface area (Å²) in [7, 11) is 0. The summed E-state index contributed by atoms with van der Waals surface area (Å²) in [4.78, 5) is 12.7. The third-order valence-electron chi connectivity index (χ3n) is 3.10. The van der Waals surface area contributed by atoms with Crippen LogP contribution in [0.2, 0.25) is 0 Å². The van der Waals surface area contributed by atoms with Crippen molar-refractivity contribution in [2.45, 2.75) is 12.5 Å². The zero-order chi connectivity index (χ0) is 14.4. The van der Waals surface area contributed by atoms with Crippen LogP contribution in [0.5, 0.6) is 0 Å². The van der Waals surface area contributed by atoms with Crippen molar-refractivity contribution in [2.24, 2.45) is 0 Å². The van der Waals surface area contributed by atoms with E-state index in [-0.39, 0.29) is 0 Å². The van der Waals surface area contributed by atoms with Crippen molar-refractivity contribution in [1.82, 2.24) is 10.3 Å². The highest BCUT2D eigenvalue weighted by atomic mass is 16.6. The molecule has 3 rings (SSSR count). The summed E-state index contributed by atoms with van der Waals surface area (Å²) in [5.41, 5.74) is 1.22. The van der Waals surface area contributed by atoms with E-state index in [0.29, 0.717) is 6.04 Å². The van der Waals surface area contributed by atoms with Gasteiger partial charge in [0.2, 0.25) is 0 Å². The van der Waals surface area contributed by atoms with Gasteiger partial charge in [-0.1, -0.05) is 12.1 Å². The number of rotatable bonds is 2. The Labute approximate surface area is 116 Å². The Morgan fingerprint density at radius 2 is 2.15 bits per heavy atom. The third kappa shape index (κ3) is 3.83. The minimum absolute atomic E-state index is 0.554. The van der Waals surface area contributed by atoms with Crippen LogP contribution >= 0.6 is 0 Å². The van der Waals surface area contributed by atoms with Crippen molar-refractivity contribution in [3.8, 4) is 0 Å². The van der Waals surface area contributed by atoms with Crippen molar-refractivity contribution in [3.63, 3.8) is 0 Å². The van der Waals surface area contributed by atoms with E-state index in [1.807, 2.05) is 12.4 Å². The summed E-state index contributed by atoms with van der Waals surface area (Å²) in [6.45, 7) is 2.17. The number of carboxylic acid groups (broad SMARTS) is 2. The minimum atomic E-state index is -1.83. The maximum atomic E-state index is 8.56. The van der Waals surface area contributed by atoms with Gasteiger partial charge in [-0.3, -0.25) is 4.98 Å². The normalized spacial score (nSPS) is 17.3. The van der Waals surface area contributed by atoms with Crippen LogP contribution in [0.4, 0.5) is 10.5 Å². The number of aromatic nitrogens is 1. The predicted octanol–water partition coefficient (Wildman–Crippen LogP) is 2.23. The molecule has 6 heteroatoms. The molecule has 4 N–H and O–H groups in total. The van der Waals surface area contributed by atoms with Gasteiger partial charge in [-0.15, -0.1) is 0 Å². The van der Waals surface area contributed by atoms with Crippen molar-refractivity contribution in [1.29, 1.82) is 0 Å². The number of nitrogens with one attached hydrogen (secondary N) is 2. The standard InChI is InChI=1S/C13H15N3.CH2O3/c1-2-10-8-14-7-5-12(10)13(3-1)16-11-4-6-15-9-11;2-1(3)4/h1-3,5,7-8,11,15-16H,4,6,9H2;(H2,2,3,4). The van der Waals surface area contributed by atoms with Crippen molar-refractivity contribution in [3.05, 3.63) is 36.7 Å². The largest absolute Gasteiger partial charge is 0.503 e. The van der Waals surface area contributed by atoms with E-state index in [2.05, 4.69) is 39.9 Å². The number of anilines is 1. The predicted molar refractivity (Wildman–Crippen MR) is 77.3 cm³/mol. The summed E-state index contributed by atoms with van der Waals surface area (Å²) in [6.07, 6.45) is 3.12. The molecule has 0 amide bonds. The first-order valence-corrected chi connectivity index (χ1v) is 6.38. The molecule has 1 aliphatic heterocycles. The molecule has 2 aromatic rings. The first kappa shape index (κ1) is 14.1. The highest BCUT2D eigenvalue weighted by molar-refractivity contribution is 5.93. The molecule has 106 valence electrons. The molecule has 0 radical (unpaired) electrons. The Morgan fingerprint density at radius 1 is 1.35 bits per heavy atom. The fourth-order valence-corrected chi connectivity index (χ4v) is 2.25. The van der Waals surface area contributed by atoms with Crippen molar-refractivity contribution in [2.75, 3.05) is 18.4 Å². The lowest BCUT2D eigenvalue weighted by molar-refractivity contribution is 0.137. The molecule has 0 aliphatic carbocycles. The molecule has 1 unspecified atom stereocenters. The lowest BCUT2D eigenvalue weighted by Crippen LogP contribution is -2.22. The van der Waals surface area contributed by atoms with Crippen molar-refractivity contribution >= 4 is 22.6 Å². The summed E-state index contributed by atoms with van der Waals surface area (Å²) >= 11 is 0. The molecular formula is C14H17N3O3. The van der Waals surface area contributed by atoms with Gasteiger partial charge in [-0.25, -0.2) is 4.79 Å². The van der Waals surface area contributed by atoms with Gasteiger partial charge in [0.05, 0.1) is 0 Å². The Kier molecular flexibility index (Phi) is 4.73. The second-order valence-electron chi connectivity index (χ2n) is 4.52. The molecule has 1 aromatic heterocycles. The Balaban J connectivity index is 0.000000328. The quantitative estimate of drug-likeness (QED) is 0.671. The molecule has 1 atom stereocenters. The number of nitrogens with zero attached hydrogens (tertiary/aromatic N) is 1. The number of carbonyl (C=O) groups is 1. The molecule has 1 fully saturated rings. The molecule has 20 heavy (non-hydrogen) atoms. The van der Waals surface area contributed by atoms with Gasteiger partial charge in [-0.05, 0) is 25.1 Å². The topological polar surface area (TPSA) is 94.5 Å². The minimum Gasteiger partial charge on any atom is -0.450 e. The highest BCUT2D eigenvalue weighted by Gasteiger charge is 2.14. The highest BCUT2D eigenvalue weighted by Crippen LogP contribution is 2.23. The van der Waals surface area contributed by atoms with E-state index in [9.17, 15) is 0 Å². The molecule has 6 nitrogen and oxygen atoms in total. The number of pyridine rings is 1. The van der Waals surface area contributed by atoms with Gasteiger partial charge in [0, 0.05) is 41.4 Å². The van der Waals surface area contributed by atoms with Crippen LogP contribution < -0.4 is 10.6 Å². The van der Waals surface area contributed by atoms with Crippen LogP contribution in [0.25, 0.3) is 10.8 Å². The molecular weight excluding hydrogens is 258 g/mol. The zero-order valence-electron chi connectivity index (χ0n) is 10.9. The average Bonchev–Trinajstić information content (AvgIpc) is 2.91. The number of fused-ring (bicyclic) bond motifs is 1. The van der Waals surface area contributed by atoms with Gasteiger partial charge < -0.3 is 20.8 Å². The van der Waals surface area contributed by atoms with Gasteiger partial charge in [-0.2, -0.15) is 0 Å². The lowest BCUT2D eigenvalue weighted by Gasteiger charge is -2.14. The monoisotopic (exact) mass is 275 g/mol. The van der Waals surface area contributed by atoms with Gasteiger partial charge >= 0.3 is 6.16 Å². The van der Waals surface area contributed by atoms with Crippen LogP contribution in [-0.4, -0.2) is 40.5 Å². The lowest BCUT2D eigenvalue weighted by atomic mass is 10.1. The average molecular weight is 275 g/mol. The Bertz CT molecular complexity index is 573. The van der Waals surface area contributed by atoms with E-state index >= 15 is 0 Å². The molecule has 2 heterocycles. The second kappa shape index (κ2) is 6.72. The van der Waals surface area contributed by atoms with Gasteiger partial charge in [0.15, 0.2) is 0 Å². The number of benzene rings is 1. The first-order chi connectivity index (χ1) is 9.66. The molecule has 0 bridgehead atoms. The summed E-state index contributed by atoms with van der Waals surface area (Å²) in [5, 5.41) is 23.4. The summed E-state index contributed by atoms with van der Waals surface area (Å²) < 4.78 is 0. The van der Waals surface area contributed by atoms with Gasteiger partial charge in [0.25, 0.3) is 0 Å². The van der Waals surface area contributed by atoms with E-state index in [4.69, 9.17) is 15.0 Å². The van der Waals surface area contributed by atoms with Crippen LogP contribution in [0.15, 0.2) is 36.7 Å². The van der Waals surface area contributed by atoms with E-state index in [1.54, 1.807) is 0 Å². The Morgan fingerprint density at radius 3 is 2.85 bits per heavy atom. The molecule has 1 aromatic carbocycles. The SMILES string of the molecule is O=C(O)O.c1cc(NC2CCNC2)c2ccncc2c1. The summed E-state index contributed by atoms with van der Waals surface area (Å²) in [6, 6.07) is 8.94. The maximum Gasteiger partial charge on any atom is 0.503 e. The fraction of sp³-hybridized carbons (Fsp3) is 0.286. The first-order valence-electron chi connectivity index (χ1n) is 6.38. The Hall–Kier alpha value is -2.34. The van der Waals surface area contributed by atoms with E-state index in [0.717, 1.165) is 13.1 Å². The van der Waals surface area contributed by atoms with E-state index in [1.165, 1.54) is 22.9 Å². The molecule has 1 saturated heterocycles. The maximum absolute atomic E-state index is 8.56. The number of hydrogen-bond donors (Lipinski definition) is 4. The zero-order valence-corrected chi connectivity index (χ0v) is 10.9.